The molecule has 2 N–H and O–H groups in total. The van der Waals surface area contributed by atoms with E-state index in [2.05, 4.69) is 19.1 Å². The first-order chi connectivity index (χ1) is 10.0. The van der Waals surface area contributed by atoms with E-state index >= 15 is 0 Å². The number of aryl methyl sites for hydroxylation is 1. The highest BCUT2D eigenvalue weighted by Crippen LogP contribution is 2.26. The number of benzene rings is 2. The van der Waals surface area contributed by atoms with E-state index in [1.807, 2.05) is 30.3 Å². The van der Waals surface area contributed by atoms with Gasteiger partial charge < -0.3 is 5.73 Å². The van der Waals surface area contributed by atoms with Crippen LogP contribution in [0, 0.1) is 12.7 Å². The molecule has 0 heterocycles. The molecule has 2 rings (SSSR count). The van der Waals surface area contributed by atoms with Gasteiger partial charge in [0.05, 0.1) is 5.02 Å². The van der Waals surface area contributed by atoms with Crippen LogP contribution in [-0.2, 0) is 6.54 Å². The molecule has 0 aliphatic rings. The minimum atomic E-state index is -0.339. The van der Waals surface area contributed by atoms with Gasteiger partial charge in [0.25, 0.3) is 0 Å². The normalized spacial score (nSPS) is 12.8. The smallest absolute Gasteiger partial charge is 0.144 e. The Morgan fingerprint density at radius 2 is 1.90 bits per heavy atom. The lowest BCUT2D eigenvalue weighted by Crippen LogP contribution is -1.95. The molecule has 21 heavy (non-hydrogen) atoms. The fourth-order valence-electron chi connectivity index (χ4n) is 2.15. The number of halogens is 2. The Bertz CT molecular complexity index is 624. The van der Waals surface area contributed by atoms with E-state index in [1.54, 1.807) is 13.0 Å². The number of allylic oxidation sites excluding steroid dienone is 1. The molecule has 1 unspecified atom stereocenters. The summed E-state index contributed by atoms with van der Waals surface area (Å²) in [6.07, 6.45) is 4.14. The summed E-state index contributed by atoms with van der Waals surface area (Å²) < 4.78 is 13.5. The number of hydrogen-bond acceptors (Lipinski definition) is 1. The molecule has 0 saturated heterocycles. The summed E-state index contributed by atoms with van der Waals surface area (Å²) in [4.78, 5) is 0. The van der Waals surface area contributed by atoms with E-state index in [9.17, 15) is 4.39 Å². The molecule has 1 atom stereocenters. The maximum Gasteiger partial charge on any atom is 0.144 e. The van der Waals surface area contributed by atoms with Crippen LogP contribution in [0.1, 0.15) is 35.1 Å². The molecule has 0 radical (unpaired) electrons. The van der Waals surface area contributed by atoms with Crippen LogP contribution in [0.25, 0.3) is 6.08 Å². The summed E-state index contributed by atoms with van der Waals surface area (Å²) in [5.74, 6) is -0.176. The van der Waals surface area contributed by atoms with E-state index in [0.29, 0.717) is 12.1 Å². The van der Waals surface area contributed by atoms with Gasteiger partial charge in [-0.05, 0) is 41.2 Å². The first kappa shape index (κ1) is 15.7. The predicted molar refractivity (Wildman–Crippen MR) is 87.9 cm³/mol. The summed E-state index contributed by atoms with van der Waals surface area (Å²) >= 11 is 5.90. The Kier molecular flexibility index (Phi) is 5.16. The van der Waals surface area contributed by atoms with Crippen molar-refractivity contribution in [3.8, 4) is 0 Å². The predicted octanol–water partition coefficient (Wildman–Crippen LogP) is 5.06. The molecule has 3 heteroatoms. The molecule has 0 spiro atoms. The van der Waals surface area contributed by atoms with Gasteiger partial charge in [0.1, 0.15) is 5.82 Å². The third-order valence-electron chi connectivity index (χ3n) is 3.55. The molecule has 1 nitrogen and oxygen atoms in total. The number of hydrogen-bond donors (Lipinski definition) is 1. The van der Waals surface area contributed by atoms with Crippen molar-refractivity contribution in [3.05, 3.63) is 75.6 Å². The molecule has 0 saturated carbocycles. The number of rotatable bonds is 4. The summed E-state index contributed by atoms with van der Waals surface area (Å²) in [5.41, 5.74) is 9.39. The molecular formula is C18H19ClFN. The summed E-state index contributed by atoms with van der Waals surface area (Å²) in [5, 5.41) is 0.178. The average Bonchev–Trinajstić information content (AvgIpc) is 2.50. The quantitative estimate of drug-likeness (QED) is 0.839. The standard InChI is InChI=1S/C18H19ClFN/c1-12(16-9-13(2)18(20)17(19)10-16)3-4-14-5-7-15(11-21)8-6-14/h3-10,12H,11,21H2,1-2H3/b4-3+. The summed E-state index contributed by atoms with van der Waals surface area (Å²) in [6, 6.07) is 11.6. The van der Waals surface area contributed by atoms with Gasteiger partial charge >= 0.3 is 0 Å². The zero-order valence-electron chi connectivity index (χ0n) is 12.2. The molecule has 110 valence electrons. The first-order valence-electron chi connectivity index (χ1n) is 6.94. The van der Waals surface area contributed by atoms with Crippen LogP contribution >= 0.6 is 11.6 Å². The largest absolute Gasteiger partial charge is 0.326 e. The SMILES string of the molecule is Cc1cc(C(C)/C=C/c2ccc(CN)cc2)cc(Cl)c1F. The monoisotopic (exact) mass is 303 g/mol. The van der Waals surface area contributed by atoms with Gasteiger partial charge in [-0.15, -0.1) is 0 Å². The maximum atomic E-state index is 13.5. The van der Waals surface area contributed by atoms with E-state index in [1.165, 1.54) is 0 Å². The van der Waals surface area contributed by atoms with Gasteiger partial charge in [-0.1, -0.05) is 61.0 Å². The molecule has 0 aromatic heterocycles. The summed E-state index contributed by atoms with van der Waals surface area (Å²) in [6.45, 7) is 4.34. The van der Waals surface area contributed by atoms with Crippen molar-refractivity contribution in [2.24, 2.45) is 5.73 Å². The molecule has 0 bridgehead atoms. The van der Waals surface area contributed by atoms with Crippen LogP contribution in [0.5, 0.6) is 0 Å². The minimum absolute atomic E-state index is 0.163. The molecule has 2 aromatic carbocycles. The molecule has 0 fully saturated rings. The van der Waals surface area contributed by atoms with Crippen molar-refractivity contribution >= 4 is 17.7 Å². The zero-order valence-corrected chi connectivity index (χ0v) is 13.0. The second-order valence-corrected chi connectivity index (χ2v) is 5.63. The molecule has 0 aliphatic heterocycles. The number of nitrogens with two attached hydrogens (primary N) is 1. The highest BCUT2D eigenvalue weighted by atomic mass is 35.5. The van der Waals surface area contributed by atoms with Gasteiger partial charge in [-0.3, -0.25) is 0 Å². The van der Waals surface area contributed by atoms with E-state index in [4.69, 9.17) is 17.3 Å². The van der Waals surface area contributed by atoms with Gasteiger partial charge in [-0.25, -0.2) is 4.39 Å². The van der Waals surface area contributed by atoms with Gasteiger partial charge in [0.15, 0.2) is 0 Å². The lowest BCUT2D eigenvalue weighted by molar-refractivity contribution is 0.617. The summed E-state index contributed by atoms with van der Waals surface area (Å²) in [7, 11) is 0. The van der Waals surface area contributed by atoms with E-state index in [0.717, 1.165) is 16.7 Å². The van der Waals surface area contributed by atoms with Crippen molar-refractivity contribution in [1.29, 1.82) is 0 Å². The highest BCUT2D eigenvalue weighted by molar-refractivity contribution is 6.30. The Morgan fingerprint density at radius 1 is 1.24 bits per heavy atom. The van der Waals surface area contributed by atoms with Crippen LogP contribution in [0.2, 0.25) is 5.02 Å². The Balaban J connectivity index is 2.16. The average molecular weight is 304 g/mol. The lowest BCUT2D eigenvalue weighted by atomic mass is 9.97. The first-order valence-corrected chi connectivity index (χ1v) is 7.32. The lowest BCUT2D eigenvalue weighted by Gasteiger charge is -2.10. The minimum Gasteiger partial charge on any atom is -0.326 e. The van der Waals surface area contributed by atoms with Crippen LogP contribution in [0.3, 0.4) is 0 Å². The second-order valence-electron chi connectivity index (χ2n) is 5.23. The van der Waals surface area contributed by atoms with Crippen molar-refractivity contribution in [1.82, 2.24) is 0 Å². The highest BCUT2D eigenvalue weighted by Gasteiger charge is 2.09. The van der Waals surface area contributed by atoms with Gasteiger partial charge in [0, 0.05) is 6.54 Å². The van der Waals surface area contributed by atoms with Crippen LogP contribution < -0.4 is 5.73 Å². The van der Waals surface area contributed by atoms with Crippen molar-refractivity contribution < 1.29 is 4.39 Å². The van der Waals surface area contributed by atoms with Crippen LogP contribution in [0.4, 0.5) is 4.39 Å². The van der Waals surface area contributed by atoms with Gasteiger partial charge in [0.2, 0.25) is 0 Å². The Morgan fingerprint density at radius 3 is 2.48 bits per heavy atom. The second kappa shape index (κ2) is 6.88. The van der Waals surface area contributed by atoms with E-state index in [-0.39, 0.29) is 16.8 Å². The molecule has 2 aromatic rings. The fraction of sp³-hybridized carbons (Fsp3) is 0.222. The molecule has 0 amide bonds. The van der Waals surface area contributed by atoms with Crippen molar-refractivity contribution in [2.45, 2.75) is 26.3 Å². The molecule has 0 aliphatic carbocycles. The fourth-order valence-corrected chi connectivity index (χ4v) is 2.42. The van der Waals surface area contributed by atoms with Crippen LogP contribution in [0.15, 0.2) is 42.5 Å². The topological polar surface area (TPSA) is 26.0 Å². The Hall–Kier alpha value is -1.64. The van der Waals surface area contributed by atoms with Crippen LogP contribution in [-0.4, -0.2) is 0 Å². The third-order valence-corrected chi connectivity index (χ3v) is 3.83. The molecular weight excluding hydrogens is 285 g/mol. The zero-order chi connectivity index (χ0) is 15.4. The van der Waals surface area contributed by atoms with Crippen molar-refractivity contribution in [2.75, 3.05) is 0 Å². The van der Waals surface area contributed by atoms with Crippen molar-refractivity contribution in [3.63, 3.8) is 0 Å². The van der Waals surface area contributed by atoms with Gasteiger partial charge in [-0.2, -0.15) is 0 Å². The maximum absolute atomic E-state index is 13.5. The third kappa shape index (κ3) is 3.93. The Labute approximate surface area is 130 Å². The van der Waals surface area contributed by atoms with E-state index < -0.39 is 0 Å².